The van der Waals surface area contributed by atoms with E-state index in [2.05, 4.69) is 30.8 Å². The van der Waals surface area contributed by atoms with Crippen molar-refractivity contribution in [1.29, 1.82) is 0 Å². The van der Waals surface area contributed by atoms with Gasteiger partial charge in [-0.3, -0.25) is 14.7 Å². The molecular weight excluding hydrogens is 520 g/mol. The van der Waals surface area contributed by atoms with Crippen molar-refractivity contribution in [2.75, 3.05) is 33.2 Å². The van der Waals surface area contributed by atoms with Crippen LogP contribution in [0.1, 0.15) is 36.9 Å². The Balaban J connectivity index is 0.00000420. The Bertz CT molecular complexity index is 662. The predicted molar refractivity (Wildman–Crippen MR) is 119 cm³/mol. The zero-order valence-corrected chi connectivity index (χ0v) is 19.7. The van der Waals surface area contributed by atoms with Crippen LogP contribution >= 0.6 is 35.3 Å². The molecule has 2 heterocycles. The molecular formula is C17H28F3IN6OS. The van der Waals surface area contributed by atoms with E-state index in [-0.39, 0.29) is 42.5 Å². The standard InChI is InChI=1S/C17H27F3N6OS.HI/c1-3-6-22-14(27)10-26-7-4-12(5-8-26)24-16(21-2)23-9-15-25-13(11-28-15)17(18,19)20;/h11-12H,3-10H2,1-2H3,(H,22,27)(H2,21,23,24);1H. The number of aliphatic imine (C=N–C) groups is 1. The van der Waals surface area contributed by atoms with Crippen molar-refractivity contribution in [2.45, 2.75) is 44.9 Å². The third kappa shape index (κ3) is 9.03. The summed E-state index contributed by atoms with van der Waals surface area (Å²) in [5, 5.41) is 10.5. The maximum atomic E-state index is 12.6. The fraction of sp³-hybridized carbons (Fsp3) is 0.706. The van der Waals surface area contributed by atoms with Crippen LogP contribution < -0.4 is 16.0 Å². The Morgan fingerprint density at radius 3 is 2.59 bits per heavy atom. The van der Waals surface area contributed by atoms with E-state index in [4.69, 9.17) is 0 Å². The van der Waals surface area contributed by atoms with Gasteiger partial charge in [-0.1, -0.05) is 6.92 Å². The van der Waals surface area contributed by atoms with E-state index in [0.717, 1.165) is 49.1 Å². The number of piperidine rings is 1. The number of carbonyl (C=O) groups is 1. The van der Waals surface area contributed by atoms with E-state index in [1.807, 2.05) is 6.92 Å². The van der Waals surface area contributed by atoms with Gasteiger partial charge in [-0.15, -0.1) is 35.3 Å². The molecule has 29 heavy (non-hydrogen) atoms. The van der Waals surface area contributed by atoms with Crippen molar-refractivity contribution in [3.8, 4) is 0 Å². The molecule has 1 aromatic heterocycles. The van der Waals surface area contributed by atoms with Gasteiger partial charge < -0.3 is 16.0 Å². The lowest BCUT2D eigenvalue weighted by Gasteiger charge is -2.32. The minimum absolute atomic E-state index is 0. The molecule has 0 spiro atoms. The molecule has 1 saturated heterocycles. The summed E-state index contributed by atoms with van der Waals surface area (Å²) < 4.78 is 37.8. The number of likely N-dealkylation sites (tertiary alicyclic amines) is 1. The molecule has 2 rings (SSSR count). The van der Waals surface area contributed by atoms with Crippen LogP contribution in [0, 0.1) is 0 Å². The molecule has 166 valence electrons. The van der Waals surface area contributed by atoms with Gasteiger partial charge in [0.1, 0.15) is 5.01 Å². The van der Waals surface area contributed by atoms with Crippen LogP contribution in [0.25, 0.3) is 0 Å². The first kappa shape index (κ1) is 25.9. The number of nitrogens with zero attached hydrogens (tertiary/aromatic N) is 3. The Morgan fingerprint density at radius 2 is 2.03 bits per heavy atom. The molecule has 0 atom stereocenters. The number of aromatic nitrogens is 1. The minimum atomic E-state index is -4.42. The number of nitrogens with one attached hydrogen (secondary N) is 3. The summed E-state index contributed by atoms with van der Waals surface area (Å²) in [5.74, 6) is 0.579. The number of hydrogen-bond donors (Lipinski definition) is 3. The predicted octanol–water partition coefficient (Wildman–Crippen LogP) is 2.44. The lowest BCUT2D eigenvalue weighted by Crippen LogP contribution is -2.50. The second-order valence-electron chi connectivity index (χ2n) is 6.59. The number of rotatable bonds is 7. The van der Waals surface area contributed by atoms with E-state index in [1.165, 1.54) is 0 Å². The summed E-state index contributed by atoms with van der Waals surface area (Å²) in [6, 6.07) is 0.197. The summed E-state index contributed by atoms with van der Waals surface area (Å²) in [4.78, 5) is 21.6. The zero-order chi connectivity index (χ0) is 20.6. The Labute approximate surface area is 190 Å². The van der Waals surface area contributed by atoms with Gasteiger partial charge in [0.15, 0.2) is 11.7 Å². The SMILES string of the molecule is CCCNC(=O)CN1CCC(NC(=NC)NCc2nc(C(F)(F)F)cs2)CC1.I. The van der Waals surface area contributed by atoms with Gasteiger partial charge in [0.05, 0.1) is 13.1 Å². The van der Waals surface area contributed by atoms with Crippen molar-refractivity contribution in [3.63, 3.8) is 0 Å². The Kier molecular flexibility index (Phi) is 11.2. The summed E-state index contributed by atoms with van der Waals surface area (Å²) in [6.45, 7) is 4.90. The normalized spacial score (nSPS) is 16.2. The largest absolute Gasteiger partial charge is 0.434 e. The van der Waals surface area contributed by atoms with Gasteiger partial charge in [-0.25, -0.2) is 4.98 Å². The second-order valence-corrected chi connectivity index (χ2v) is 7.54. The Morgan fingerprint density at radius 1 is 1.34 bits per heavy atom. The van der Waals surface area contributed by atoms with Crippen LogP contribution in [0.2, 0.25) is 0 Å². The average molecular weight is 548 g/mol. The van der Waals surface area contributed by atoms with E-state index < -0.39 is 11.9 Å². The number of hydrogen-bond acceptors (Lipinski definition) is 5. The van der Waals surface area contributed by atoms with Gasteiger partial charge in [0, 0.05) is 38.1 Å². The highest BCUT2D eigenvalue weighted by atomic mass is 127. The molecule has 1 aliphatic heterocycles. The van der Waals surface area contributed by atoms with Crippen molar-refractivity contribution >= 4 is 47.2 Å². The van der Waals surface area contributed by atoms with E-state index in [0.29, 0.717) is 24.1 Å². The van der Waals surface area contributed by atoms with Crippen LogP contribution in [0.4, 0.5) is 13.2 Å². The first-order chi connectivity index (χ1) is 13.3. The van der Waals surface area contributed by atoms with Crippen LogP contribution in [0.15, 0.2) is 10.4 Å². The van der Waals surface area contributed by atoms with Crippen molar-refractivity contribution < 1.29 is 18.0 Å². The van der Waals surface area contributed by atoms with Gasteiger partial charge in [0.2, 0.25) is 5.91 Å². The fourth-order valence-corrected chi connectivity index (χ4v) is 3.57. The van der Waals surface area contributed by atoms with Gasteiger partial charge >= 0.3 is 6.18 Å². The van der Waals surface area contributed by atoms with Gasteiger partial charge in [-0.05, 0) is 19.3 Å². The molecule has 1 amide bonds. The lowest BCUT2D eigenvalue weighted by molar-refractivity contribution is -0.140. The molecule has 0 saturated carbocycles. The van der Waals surface area contributed by atoms with E-state index in [1.54, 1.807) is 7.05 Å². The third-order valence-electron chi connectivity index (χ3n) is 4.34. The Hall–Kier alpha value is -1.15. The summed E-state index contributed by atoms with van der Waals surface area (Å²) in [5.41, 5.74) is -0.868. The van der Waals surface area contributed by atoms with Crippen LogP contribution in [-0.2, 0) is 17.5 Å². The molecule has 1 aliphatic rings. The molecule has 12 heteroatoms. The maximum absolute atomic E-state index is 12.6. The van der Waals surface area contributed by atoms with Gasteiger partial charge in [0.25, 0.3) is 0 Å². The molecule has 3 N–H and O–H groups in total. The third-order valence-corrected chi connectivity index (χ3v) is 5.19. The lowest BCUT2D eigenvalue weighted by atomic mass is 10.1. The quantitative estimate of drug-likeness (QED) is 0.277. The second kappa shape index (κ2) is 12.5. The number of carbonyl (C=O) groups excluding carboxylic acids is 1. The monoisotopic (exact) mass is 548 g/mol. The topological polar surface area (TPSA) is 81.7 Å². The maximum Gasteiger partial charge on any atom is 0.434 e. The highest BCUT2D eigenvalue weighted by Crippen LogP contribution is 2.29. The van der Waals surface area contributed by atoms with E-state index in [9.17, 15) is 18.0 Å². The molecule has 0 aromatic carbocycles. The van der Waals surface area contributed by atoms with Crippen LogP contribution in [0.5, 0.6) is 0 Å². The zero-order valence-electron chi connectivity index (χ0n) is 16.5. The number of halogens is 4. The number of guanidine groups is 1. The molecule has 0 radical (unpaired) electrons. The van der Waals surface area contributed by atoms with Gasteiger partial charge in [-0.2, -0.15) is 13.2 Å². The molecule has 1 fully saturated rings. The van der Waals surface area contributed by atoms with E-state index >= 15 is 0 Å². The first-order valence-electron chi connectivity index (χ1n) is 9.29. The summed E-state index contributed by atoms with van der Waals surface area (Å²) in [7, 11) is 1.62. The van der Waals surface area contributed by atoms with Crippen LogP contribution in [0.3, 0.4) is 0 Å². The average Bonchev–Trinajstić information content (AvgIpc) is 3.14. The fourth-order valence-electron chi connectivity index (χ4n) is 2.83. The highest BCUT2D eigenvalue weighted by molar-refractivity contribution is 14.0. The first-order valence-corrected chi connectivity index (χ1v) is 10.2. The van der Waals surface area contributed by atoms with Crippen LogP contribution in [-0.4, -0.2) is 61.0 Å². The number of amides is 1. The molecule has 0 unspecified atom stereocenters. The number of alkyl halides is 3. The summed E-state index contributed by atoms with van der Waals surface area (Å²) in [6.07, 6.45) is -1.78. The highest BCUT2D eigenvalue weighted by Gasteiger charge is 2.33. The van der Waals surface area contributed by atoms with Crippen molar-refractivity contribution in [3.05, 3.63) is 16.1 Å². The summed E-state index contributed by atoms with van der Waals surface area (Å²) >= 11 is 0.966. The van der Waals surface area contributed by atoms with Crippen molar-refractivity contribution in [1.82, 2.24) is 25.8 Å². The molecule has 0 bridgehead atoms. The van der Waals surface area contributed by atoms with Crippen molar-refractivity contribution in [2.24, 2.45) is 4.99 Å². The minimum Gasteiger partial charge on any atom is -0.355 e. The molecule has 1 aromatic rings. The smallest absolute Gasteiger partial charge is 0.355 e. The number of thiazole rings is 1. The molecule has 0 aliphatic carbocycles. The molecule has 7 nitrogen and oxygen atoms in total.